The molecule has 0 saturated heterocycles. The van der Waals surface area contributed by atoms with Gasteiger partial charge in [0, 0.05) is 16.5 Å². The molecule has 6 heteroatoms. The van der Waals surface area contributed by atoms with Crippen molar-refractivity contribution in [3.63, 3.8) is 0 Å². The molecular formula is C30H28O6. The van der Waals surface area contributed by atoms with E-state index < -0.39 is 0 Å². The summed E-state index contributed by atoms with van der Waals surface area (Å²) in [5.41, 5.74) is 1.50. The van der Waals surface area contributed by atoms with Crippen LogP contribution in [0.4, 0.5) is 0 Å². The Hall–Kier alpha value is -4.32. The molecule has 6 nitrogen and oxygen atoms in total. The Kier molecular flexibility index (Phi) is 7.54. The number of carbonyl (C=O) groups excluding carboxylic acids is 2. The third-order valence-electron chi connectivity index (χ3n) is 5.86. The number of ether oxygens (including phenoxy) is 4. The second-order valence-corrected chi connectivity index (χ2v) is 7.96. The van der Waals surface area contributed by atoms with E-state index in [1.165, 1.54) is 14.2 Å². The number of fused-ring (bicyclic) bond motifs is 1. The van der Waals surface area contributed by atoms with Gasteiger partial charge in [-0.25, -0.2) is 0 Å². The third kappa shape index (κ3) is 4.75. The Bertz CT molecular complexity index is 1280. The molecule has 4 rings (SSSR count). The minimum atomic E-state index is -0.269. The number of ketones is 2. The lowest BCUT2D eigenvalue weighted by atomic mass is 9.89. The van der Waals surface area contributed by atoms with E-state index in [-0.39, 0.29) is 11.6 Å². The molecule has 0 atom stereocenters. The molecule has 0 saturated carbocycles. The fourth-order valence-corrected chi connectivity index (χ4v) is 4.20. The lowest BCUT2D eigenvalue weighted by molar-refractivity contribution is 0.103. The molecule has 0 radical (unpaired) electrons. The molecule has 184 valence electrons. The van der Waals surface area contributed by atoms with Crippen molar-refractivity contribution in [1.29, 1.82) is 0 Å². The molecule has 4 aromatic carbocycles. The van der Waals surface area contributed by atoms with E-state index in [2.05, 4.69) is 0 Å². The van der Waals surface area contributed by atoms with Crippen molar-refractivity contribution in [3.8, 4) is 23.0 Å². The topological polar surface area (TPSA) is 71.1 Å². The SMILES string of the molecule is CCOc1ccc(C(=O)c2c(OC)ccc3ccc(OC)c(C(=O)c4ccc(OCC)cc4)c23)cc1. The summed E-state index contributed by atoms with van der Waals surface area (Å²) < 4.78 is 22.2. The van der Waals surface area contributed by atoms with Gasteiger partial charge in [0.25, 0.3) is 0 Å². The lowest BCUT2D eigenvalue weighted by Crippen LogP contribution is -2.11. The van der Waals surface area contributed by atoms with Crippen molar-refractivity contribution < 1.29 is 28.5 Å². The maximum Gasteiger partial charge on any atom is 0.197 e. The van der Waals surface area contributed by atoms with Crippen LogP contribution in [0, 0.1) is 0 Å². The fourth-order valence-electron chi connectivity index (χ4n) is 4.20. The van der Waals surface area contributed by atoms with E-state index in [4.69, 9.17) is 18.9 Å². The zero-order valence-electron chi connectivity index (χ0n) is 20.8. The van der Waals surface area contributed by atoms with Gasteiger partial charge in [-0.15, -0.1) is 0 Å². The van der Waals surface area contributed by atoms with Crippen LogP contribution in [-0.4, -0.2) is 39.0 Å². The van der Waals surface area contributed by atoms with Crippen molar-refractivity contribution in [2.45, 2.75) is 13.8 Å². The second-order valence-electron chi connectivity index (χ2n) is 7.96. The Labute approximate surface area is 210 Å². The lowest BCUT2D eigenvalue weighted by Gasteiger charge is -2.17. The van der Waals surface area contributed by atoms with Crippen molar-refractivity contribution in [2.24, 2.45) is 0 Å². The van der Waals surface area contributed by atoms with E-state index >= 15 is 0 Å². The molecule has 4 aromatic rings. The zero-order chi connectivity index (χ0) is 25.7. The molecule has 0 aromatic heterocycles. The molecular weight excluding hydrogens is 456 g/mol. The minimum Gasteiger partial charge on any atom is -0.496 e. The largest absolute Gasteiger partial charge is 0.496 e. The van der Waals surface area contributed by atoms with Crippen LogP contribution >= 0.6 is 0 Å². The molecule has 0 aliphatic carbocycles. The number of rotatable bonds is 10. The molecule has 36 heavy (non-hydrogen) atoms. The molecule has 0 aliphatic heterocycles. The van der Waals surface area contributed by atoms with Crippen molar-refractivity contribution in [3.05, 3.63) is 95.1 Å². The maximum absolute atomic E-state index is 13.8. The second kappa shape index (κ2) is 11.0. The summed E-state index contributed by atoms with van der Waals surface area (Å²) >= 11 is 0. The van der Waals surface area contributed by atoms with Crippen LogP contribution in [0.5, 0.6) is 23.0 Å². The normalized spacial score (nSPS) is 10.7. The Balaban J connectivity index is 1.93. The Morgan fingerprint density at radius 2 is 0.972 bits per heavy atom. The monoisotopic (exact) mass is 484 g/mol. The number of hydrogen-bond acceptors (Lipinski definition) is 6. The first-order chi connectivity index (χ1) is 17.5. The summed E-state index contributed by atoms with van der Waals surface area (Å²) in [6.07, 6.45) is 0. The number of hydrogen-bond donors (Lipinski definition) is 0. The minimum absolute atomic E-state index is 0.269. The molecule has 0 bridgehead atoms. The summed E-state index contributed by atoms with van der Waals surface area (Å²) in [6.45, 7) is 4.86. The molecule has 0 unspecified atom stereocenters. The average Bonchev–Trinajstić information content (AvgIpc) is 2.92. The summed E-state index contributed by atoms with van der Waals surface area (Å²) in [7, 11) is 3.01. The summed E-state index contributed by atoms with van der Waals surface area (Å²) in [6, 6.07) is 21.0. The van der Waals surface area contributed by atoms with E-state index in [0.717, 1.165) is 5.39 Å². The fraction of sp³-hybridized carbons (Fsp3) is 0.200. The van der Waals surface area contributed by atoms with Gasteiger partial charge in [0.1, 0.15) is 23.0 Å². The predicted octanol–water partition coefficient (Wildman–Crippen LogP) is 6.12. The summed E-state index contributed by atoms with van der Waals surface area (Å²) in [4.78, 5) is 27.7. The molecule has 0 heterocycles. The van der Waals surface area contributed by atoms with Gasteiger partial charge in [0.2, 0.25) is 0 Å². The molecule has 0 amide bonds. The van der Waals surface area contributed by atoms with E-state index in [9.17, 15) is 9.59 Å². The maximum atomic E-state index is 13.8. The van der Waals surface area contributed by atoms with Gasteiger partial charge in [-0.2, -0.15) is 0 Å². The highest BCUT2D eigenvalue weighted by Crippen LogP contribution is 2.38. The van der Waals surface area contributed by atoms with Crippen LogP contribution in [-0.2, 0) is 0 Å². The number of carbonyl (C=O) groups is 2. The van der Waals surface area contributed by atoms with Crippen LogP contribution in [0.25, 0.3) is 10.8 Å². The van der Waals surface area contributed by atoms with Gasteiger partial charge >= 0.3 is 0 Å². The van der Waals surface area contributed by atoms with Gasteiger partial charge in [0.15, 0.2) is 11.6 Å². The molecule has 0 spiro atoms. The first-order valence-electron chi connectivity index (χ1n) is 11.7. The molecule has 0 aliphatic rings. The van der Waals surface area contributed by atoms with Crippen molar-refractivity contribution in [2.75, 3.05) is 27.4 Å². The smallest absolute Gasteiger partial charge is 0.197 e. The van der Waals surface area contributed by atoms with Crippen LogP contribution in [0.15, 0.2) is 72.8 Å². The highest BCUT2D eigenvalue weighted by atomic mass is 16.5. The van der Waals surface area contributed by atoms with Gasteiger partial charge in [-0.1, -0.05) is 12.1 Å². The quantitative estimate of drug-likeness (QED) is 0.253. The standard InChI is InChI=1S/C30H28O6/c1-5-35-22-13-7-20(8-14-22)29(31)27-24(33-3)17-11-19-12-18-25(34-4)28(26(19)27)30(32)21-9-15-23(16-10-21)36-6-2/h7-18H,5-6H2,1-4H3. The van der Waals surface area contributed by atoms with Crippen LogP contribution < -0.4 is 18.9 Å². The Morgan fingerprint density at radius 3 is 1.31 bits per heavy atom. The van der Waals surface area contributed by atoms with Crippen LogP contribution in [0.1, 0.15) is 45.7 Å². The first-order valence-corrected chi connectivity index (χ1v) is 11.7. The first kappa shape index (κ1) is 24.8. The van der Waals surface area contributed by atoms with Gasteiger partial charge in [-0.05, 0) is 79.9 Å². The molecule has 0 N–H and O–H groups in total. The highest BCUT2D eigenvalue weighted by molar-refractivity contribution is 6.26. The summed E-state index contributed by atoms with van der Waals surface area (Å²) in [5, 5.41) is 1.20. The van der Waals surface area contributed by atoms with Gasteiger partial charge in [0.05, 0.1) is 38.6 Å². The van der Waals surface area contributed by atoms with Crippen LogP contribution in [0.2, 0.25) is 0 Å². The van der Waals surface area contributed by atoms with Crippen LogP contribution in [0.3, 0.4) is 0 Å². The highest BCUT2D eigenvalue weighted by Gasteiger charge is 2.26. The van der Waals surface area contributed by atoms with E-state index in [1.54, 1.807) is 60.7 Å². The number of benzene rings is 4. The van der Waals surface area contributed by atoms with Gasteiger partial charge < -0.3 is 18.9 Å². The zero-order valence-corrected chi connectivity index (χ0v) is 20.8. The van der Waals surface area contributed by atoms with Gasteiger partial charge in [-0.3, -0.25) is 9.59 Å². The predicted molar refractivity (Wildman–Crippen MR) is 139 cm³/mol. The molecule has 0 fully saturated rings. The van der Waals surface area contributed by atoms with E-state index in [0.29, 0.717) is 63.9 Å². The van der Waals surface area contributed by atoms with Crippen molar-refractivity contribution in [1.82, 2.24) is 0 Å². The third-order valence-corrected chi connectivity index (χ3v) is 5.86. The summed E-state index contributed by atoms with van der Waals surface area (Å²) in [5.74, 6) is 1.55. The van der Waals surface area contributed by atoms with E-state index in [1.807, 2.05) is 26.0 Å². The number of methoxy groups -OCH3 is 2. The van der Waals surface area contributed by atoms with Crippen molar-refractivity contribution >= 4 is 22.3 Å². The Morgan fingerprint density at radius 1 is 0.583 bits per heavy atom. The average molecular weight is 485 g/mol.